The summed E-state index contributed by atoms with van der Waals surface area (Å²) in [6.07, 6.45) is 5.86. The summed E-state index contributed by atoms with van der Waals surface area (Å²) in [5.41, 5.74) is 6.62. The monoisotopic (exact) mass is 420 g/mol. The number of rotatable bonds is 9. The van der Waals surface area contributed by atoms with Crippen molar-refractivity contribution in [2.45, 2.75) is 50.8 Å². The van der Waals surface area contributed by atoms with Gasteiger partial charge in [0.2, 0.25) is 5.91 Å². The second-order valence-corrected chi connectivity index (χ2v) is 9.01. The molecule has 3 N–H and O–H groups in total. The van der Waals surface area contributed by atoms with Crippen LogP contribution in [-0.2, 0) is 21.2 Å². The fourth-order valence-electron chi connectivity index (χ4n) is 2.90. The van der Waals surface area contributed by atoms with E-state index in [-0.39, 0.29) is 43.1 Å². The smallest absolute Gasteiger partial charge is 0.237 e. The number of methoxy groups -OCH3 is 1. The van der Waals surface area contributed by atoms with Gasteiger partial charge >= 0.3 is 0 Å². The highest BCUT2D eigenvalue weighted by atomic mass is 35.5. The molecule has 9 heteroatoms. The molecule has 0 aliphatic heterocycles. The molecule has 0 spiro atoms. The molecule has 154 valence electrons. The number of nitrogens with one attached hydrogen (secondary N) is 1. The number of hydrogen-bond acceptors (Lipinski definition) is 6. The standard InChI is InChI=1S/C18H28N2O5S.ClH/c1-24-16-8-7-13(11-17(16)25-14-5-3-4-6-14)12-20-18(21)15(19)9-10-26(2,22)23;/h7-8,11,14-15H,3-6,9-10,12,19H2,1-2H3,(H,20,21);1H. The van der Waals surface area contributed by atoms with Crippen molar-refractivity contribution in [3.8, 4) is 11.5 Å². The first kappa shape index (κ1) is 23.5. The molecule has 2 rings (SSSR count). The molecule has 1 atom stereocenters. The summed E-state index contributed by atoms with van der Waals surface area (Å²) in [6, 6.07) is 4.68. The van der Waals surface area contributed by atoms with Crippen LogP contribution in [0.25, 0.3) is 0 Å². The number of amides is 1. The molecule has 7 nitrogen and oxygen atoms in total. The molecule has 1 unspecified atom stereocenters. The summed E-state index contributed by atoms with van der Waals surface area (Å²) < 4.78 is 33.7. The van der Waals surface area contributed by atoms with E-state index in [2.05, 4.69) is 5.32 Å². The predicted molar refractivity (Wildman–Crippen MR) is 107 cm³/mol. The summed E-state index contributed by atoms with van der Waals surface area (Å²) in [6.45, 7) is 0.288. The molecule has 1 aromatic rings. The van der Waals surface area contributed by atoms with Gasteiger partial charge in [-0.2, -0.15) is 0 Å². The molecule has 0 bridgehead atoms. The van der Waals surface area contributed by atoms with Gasteiger partial charge in [-0.05, 0) is 49.8 Å². The van der Waals surface area contributed by atoms with Crippen molar-refractivity contribution in [1.82, 2.24) is 5.32 Å². The summed E-state index contributed by atoms with van der Waals surface area (Å²) >= 11 is 0. The maximum Gasteiger partial charge on any atom is 0.237 e. The molecule has 0 aromatic heterocycles. The highest BCUT2D eigenvalue weighted by molar-refractivity contribution is 7.90. The topological polar surface area (TPSA) is 108 Å². The molecular formula is C18H29ClN2O5S. The fraction of sp³-hybridized carbons (Fsp3) is 0.611. The second-order valence-electron chi connectivity index (χ2n) is 6.75. The highest BCUT2D eigenvalue weighted by Gasteiger charge is 2.19. The van der Waals surface area contributed by atoms with Crippen molar-refractivity contribution in [1.29, 1.82) is 0 Å². The van der Waals surface area contributed by atoms with Crippen LogP contribution in [0.4, 0.5) is 0 Å². The van der Waals surface area contributed by atoms with Crippen molar-refractivity contribution in [3.05, 3.63) is 23.8 Å². The van der Waals surface area contributed by atoms with Gasteiger partial charge in [-0.1, -0.05) is 6.07 Å². The van der Waals surface area contributed by atoms with E-state index in [1.165, 1.54) is 12.8 Å². The highest BCUT2D eigenvalue weighted by Crippen LogP contribution is 2.32. The third-order valence-electron chi connectivity index (χ3n) is 4.43. The van der Waals surface area contributed by atoms with Crippen molar-refractivity contribution < 1.29 is 22.7 Å². The fourth-order valence-corrected chi connectivity index (χ4v) is 3.58. The third-order valence-corrected chi connectivity index (χ3v) is 5.40. The Morgan fingerprint density at radius 3 is 2.56 bits per heavy atom. The summed E-state index contributed by atoms with van der Waals surface area (Å²) in [4.78, 5) is 12.0. The van der Waals surface area contributed by atoms with Crippen LogP contribution in [0, 0.1) is 0 Å². The number of hydrogen-bond donors (Lipinski definition) is 2. The van der Waals surface area contributed by atoms with Gasteiger partial charge < -0.3 is 20.5 Å². The second kappa shape index (κ2) is 10.7. The maximum absolute atomic E-state index is 12.0. The lowest BCUT2D eigenvalue weighted by atomic mass is 10.1. The average molecular weight is 421 g/mol. The minimum atomic E-state index is -3.14. The van der Waals surface area contributed by atoms with Crippen LogP contribution in [0.2, 0.25) is 0 Å². The van der Waals surface area contributed by atoms with E-state index in [0.717, 1.165) is 24.7 Å². The molecule has 1 amide bonds. The Bertz CT molecular complexity index is 720. The van der Waals surface area contributed by atoms with Crippen LogP contribution >= 0.6 is 12.4 Å². The average Bonchev–Trinajstić information content (AvgIpc) is 3.10. The first-order valence-electron chi connectivity index (χ1n) is 8.83. The van der Waals surface area contributed by atoms with Crippen LogP contribution in [-0.4, -0.2) is 45.6 Å². The van der Waals surface area contributed by atoms with E-state index < -0.39 is 15.9 Å². The predicted octanol–water partition coefficient (Wildman–Crippen LogP) is 1.82. The van der Waals surface area contributed by atoms with Gasteiger partial charge in [0.25, 0.3) is 0 Å². The zero-order valence-corrected chi connectivity index (χ0v) is 17.4. The van der Waals surface area contributed by atoms with Gasteiger partial charge in [0.1, 0.15) is 9.84 Å². The van der Waals surface area contributed by atoms with E-state index in [4.69, 9.17) is 15.2 Å². The van der Waals surface area contributed by atoms with E-state index >= 15 is 0 Å². The molecule has 1 aliphatic carbocycles. The first-order valence-corrected chi connectivity index (χ1v) is 10.9. The van der Waals surface area contributed by atoms with Crippen molar-refractivity contribution in [3.63, 3.8) is 0 Å². The minimum absolute atomic E-state index is 0. The Morgan fingerprint density at radius 1 is 1.30 bits per heavy atom. The number of benzene rings is 1. The number of sulfone groups is 1. The van der Waals surface area contributed by atoms with Crippen LogP contribution in [0.1, 0.15) is 37.7 Å². The summed E-state index contributed by atoms with van der Waals surface area (Å²) in [5.74, 6) is 0.857. The Morgan fingerprint density at radius 2 is 1.96 bits per heavy atom. The Kier molecular flexibility index (Phi) is 9.35. The summed E-state index contributed by atoms with van der Waals surface area (Å²) in [7, 11) is -1.54. The molecule has 1 saturated carbocycles. The first-order chi connectivity index (χ1) is 12.3. The Labute approximate surface area is 167 Å². The zero-order valence-electron chi connectivity index (χ0n) is 15.8. The van der Waals surface area contributed by atoms with E-state index in [0.29, 0.717) is 11.5 Å². The van der Waals surface area contributed by atoms with Crippen molar-refractivity contribution >= 4 is 28.2 Å². The quantitative estimate of drug-likeness (QED) is 0.630. The molecule has 1 aromatic carbocycles. The van der Waals surface area contributed by atoms with E-state index in [1.54, 1.807) is 7.11 Å². The molecule has 27 heavy (non-hydrogen) atoms. The number of ether oxygens (including phenoxy) is 2. The van der Waals surface area contributed by atoms with E-state index in [9.17, 15) is 13.2 Å². The Hall–Kier alpha value is -1.51. The van der Waals surface area contributed by atoms with Crippen molar-refractivity contribution in [2.75, 3.05) is 19.1 Å². The molecular weight excluding hydrogens is 392 g/mol. The molecule has 1 fully saturated rings. The molecule has 0 heterocycles. The number of halogens is 1. The Balaban J connectivity index is 0.00000364. The zero-order chi connectivity index (χ0) is 19.2. The largest absolute Gasteiger partial charge is 0.493 e. The van der Waals surface area contributed by atoms with Crippen LogP contribution in [0.3, 0.4) is 0 Å². The van der Waals surface area contributed by atoms with Gasteiger partial charge in [0, 0.05) is 12.8 Å². The number of carbonyl (C=O) groups is 1. The SMILES string of the molecule is COc1ccc(CNC(=O)C(N)CCS(C)(=O)=O)cc1OC1CCCC1.Cl. The number of carbonyl (C=O) groups excluding carboxylic acids is 1. The molecule has 0 radical (unpaired) electrons. The van der Waals surface area contributed by atoms with Crippen molar-refractivity contribution in [2.24, 2.45) is 5.73 Å². The molecule has 1 aliphatic rings. The van der Waals surface area contributed by atoms with Crippen LogP contribution < -0.4 is 20.5 Å². The summed E-state index contributed by atoms with van der Waals surface area (Å²) in [5, 5.41) is 2.74. The van der Waals surface area contributed by atoms with Crippen LogP contribution in [0.5, 0.6) is 11.5 Å². The normalized spacial score (nSPS) is 15.7. The lowest BCUT2D eigenvalue weighted by Gasteiger charge is -2.17. The van der Waals surface area contributed by atoms with Gasteiger partial charge in [-0.15, -0.1) is 12.4 Å². The van der Waals surface area contributed by atoms with Gasteiger partial charge in [-0.25, -0.2) is 8.42 Å². The van der Waals surface area contributed by atoms with Gasteiger partial charge in [-0.3, -0.25) is 4.79 Å². The van der Waals surface area contributed by atoms with E-state index in [1.807, 2.05) is 18.2 Å². The third kappa shape index (κ3) is 7.94. The van der Waals surface area contributed by atoms with Gasteiger partial charge in [0.05, 0.1) is 25.0 Å². The minimum Gasteiger partial charge on any atom is -0.493 e. The van der Waals surface area contributed by atoms with Gasteiger partial charge in [0.15, 0.2) is 11.5 Å². The lowest BCUT2D eigenvalue weighted by Crippen LogP contribution is -2.41. The molecule has 0 saturated heterocycles. The maximum atomic E-state index is 12.0. The van der Waals surface area contributed by atoms with Crippen LogP contribution in [0.15, 0.2) is 18.2 Å². The number of nitrogens with two attached hydrogens (primary N) is 1. The lowest BCUT2D eigenvalue weighted by molar-refractivity contribution is -0.122.